The van der Waals surface area contributed by atoms with Crippen molar-refractivity contribution in [3.8, 4) is 0 Å². The highest BCUT2D eigenvalue weighted by molar-refractivity contribution is 5.94. The molecule has 0 fully saturated rings. The molecule has 2 aromatic rings. The smallest absolute Gasteiger partial charge is 0.257 e. The van der Waals surface area contributed by atoms with Crippen molar-refractivity contribution < 1.29 is 9.18 Å². The predicted molar refractivity (Wildman–Crippen MR) is 77.5 cm³/mol. The molecule has 0 aliphatic carbocycles. The summed E-state index contributed by atoms with van der Waals surface area (Å²) in [5.41, 5.74) is 2.23. The van der Waals surface area contributed by atoms with Gasteiger partial charge in [0.1, 0.15) is 5.82 Å². The van der Waals surface area contributed by atoms with E-state index in [9.17, 15) is 9.18 Å². The fraction of sp³-hybridized carbons (Fsp3) is 0.375. The first-order valence-electron chi connectivity index (χ1n) is 7.16. The molecule has 1 amide bonds. The molecule has 1 aliphatic rings. The maximum Gasteiger partial charge on any atom is 0.257 e. The topological polar surface area (TPSA) is 38.1 Å². The fourth-order valence-corrected chi connectivity index (χ4v) is 2.73. The maximum atomic E-state index is 13.8. The summed E-state index contributed by atoms with van der Waals surface area (Å²) in [7, 11) is 0. The Balaban J connectivity index is 1.88. The number of nitrogens with zero attached hydrogens (tertiary/aromatic N) is 3. The summed E-state index contributed by atoms with van der Waals surface area (Å²) in [4.78, 5) is 18.6. The van der Waals surface area contributed by atoms with Crippen LogP contribution in [0.3, 0.4) is 0 Å². The third-order valence-electron chi connectivity index (χ3n) is 3.89. The Morgan fingerprint density at radius 1 is 1.33 bits per heavy atom. The standard InChI is InChI=1S/C16H18FN3O/c1-11(2)20-10-18-14-7-8-19(9-15(14)20)16(21)12-5-3-4-6-13(12)17/h3-6,10-11H,7-9H2,1-2H3. The summed E-state index contributed by atoms with van der Waals surface area (Å²) in [5, 5.41) is 0. The second kappa shape index (κ2) is 5.31. The number of hydrogen-bond acceptors (Lipinski definition) is 2. The van der Waals surface area contributed by atoms with Crippen molar-refractivity contribution in [1.29, 1.82) is 0 Å². The van der Waals surface area contributed by atoms with Crippen LogP contribution in [0.25, 0.3) is 0 Å². The Bertz CT molecular complexity index is 678. The molecule has 0 atom stereocenters. The minimum atomic E-state index is -0.467. The van der Waals surface area contributed by atoms with E-state index < -0.39 is 5.82 Å². The highest BCUT2D eigenvalue weighted by Gasteiger charge is 2.26. The van der Waals surface area contributed by atoms with Crippen LogP contribution in [0.5, 0.6) is 0 Å². The molecule has 0 spiro atoms. The van der Waals surface area contributed by atoms with Crippen molar-refractivity contribution in [2.75, 3.05) is 6.54 Å². The second-order valence-corrected chi connectivity index (χ2v) is 5.60. The normalized spacial score (nSPS) is 14.4. The highest BCUT2D eigenvalue weighted by Crippen LogP contribution is 2.23. The van der Waals surface area contributed by atoms with Gasteiger partial charge < -0.3 is 9.47 Å². The molecule has 4 nitrogen and oxygen atoms in total. The molecule has 110 valence electrons. The van der Waals surface area contributed by atoms with Crippen molar-refractivity contribution in [3.05, 3.63) is 53.4 Å². The lowest BCUT2D eigenvalue weighted by atomic mass is 10.1. The van der Waals surface area contributed by atoms with Crippen molar-refractivity contribution in [3.63, 3.8) is 0 Å². The first-order chi connectivity index (χ1) is 10.1. The van der Waals surface area contributed by atoms with Crippen molar-refractivity contribution >= 4 is 5.91 Å². The third-order valence-corrected chi connectivity index (χ3v) is 3.89. The van der Waals surface area contributed by atoms with E-state index in [0.29, 0.717) is 19.1 Å². The molecule has 0 saturated heterocycles. The Morgan fingerprint density at radius 2 is 2.10 bits per heavy atom. The van der Waals surface area contributed by atoms with Gasteiger partial charge in [-0.15, -0.1) is 0 Å². The molecule has 0 radical (unpaired) electrons. The number of rotatable bonds is 2. The SMILES string of the molecule is CC(C)n1cnc2c1CN(C(=O)c1ccccc1F)CC2. The number of carbonyl (C=O) groups is 1. The summed E-state index contributed by atoms with van der Waals surface area (Å²) in [5.74, 6) is -0.721. The molecule has 3 rings (SSSR count). The average molecular weight is 287 g/mol. The zero-order chi connectivity index (χ0) is 15.0. The van der Waals surface area contributed by atoms with E-state index in [1.165, 1.54) is 12.1 Å². The molecule has 0 unspecified atom stereocenters. The molecule has 21 heavy (non-hydrogen) atoms. The maximum absolute atomic E-state index is 13.8. The molecule has 0 saturated carbocycles. The molecule has 1 aromatic heterocycles. The minimum absolute atomic E-state index is 0.136. The van der Waals surface area contributed by atoms with E-state index in [0.717, 1.165) is 17.8 Å². The summed E-state index contributed by atoms with van der Waals surface area (Å²) in [6.45, 7) is 5.23. The Kier molecular flexibility index (Phi) is 3.49. The van der Waals surface area contributed by atoms with E-state index in [4.69, 9.17) is 0 Å². The van der Waals surface area contributed by atoms with Gasteiger partial charge in [-0.25, -0.2) is 9.37 Å². The van der Waals surface area contributed by atoms with Gasteiger partial charge in [0.2, 0.25) is 0 Å². The van der Waals surface area contributed by atoms with Crippen molar-refractivity contribution in [2.24, 2.45) is 0 Å². The number of hydrogen-bond donors (Lipinski definition) is 0. The van der Waals surface area contributed by atoms with Crippen LogP contribution in [0.4, 0.5) is 4.39 Å². The Morgan fingerprint density at radius 3 is 2.81 bits per heavy atom. The molecule has 2 heterocycles. The van der Waals surface area contributed by atoms with Gasteiger partial charge in [0.05, 0.1) is 29.8 Å². The molecule has 1 aliphatic heterocycles. The Labute approximate surface area is 123 Å². The number of carbonyl (C=O) groups excluding carboxylic acids is 1. The Hall–Kier alpha value is -2.17. The third kappa shape index (κ3) is 2.44. The predicted octanol–water partition coefficient (Wildman–Crippen LogP) is 2.80. The van der Waals surface area contributed by atoms with Gasteiger partial charge >= 0.3 is 0 Å². The van der Waals surface area contributed by atoms with Gasteiger partial charge in [0.25, 0.3) is 5.91 Å². The summed E-state index contributed by atoms with van der Waals surface area (Å²) in [6.07, 6.45) is 2.54. The lowest BCUT2D eigenvalue weighted by molar-refractivity contribution is 0.0724. The largest absolute Gasteiger partial charge is 0.332 e. The van der Waals surface area contributed by atoms with E-state index in [2.05, 4.69) is 23.4 Å². The molecule has 0 N–H and O–H groups in total. The monoisotopic (exact) mass is 287 g/mol. The lowest BCUT2D eigenvalue weighted by Gasteiger charge is -2.28. The van der Waals surface area contributed by atoms with E-state index in [1.807, 2.05) is 6.33 Å². The molecule has 1 aromatic carbocycles. The summed E-state index contributed by atoms with van der Waals surface area (Å²) >= 11 is 0. The number of benzene rings is 1. The lowest BCUT2D eigenvalue weighted by Crippen LogP contribution is -2.37. The van der Waals surface area contributed by atoms with Crippen LogP contribution in [0, 0.1) is 5.82 Å². The van der Waals surface area contributed by atoms with Crippen LogP contribution in [-0.2, 0) is 13.0 Å². The quantitative estimate of drug-likeness (QED) is 0.852. The molecule has 0 bridgehead atoms. The van der Waals surface area contributed by atoms with Crippen LogP contribution >= 0.6 is 0 Å². The van der Waals surface area contributed by atoms with Crippen LogP contribution < -0.4 is 0 Å². The minimum Gasteiger partial charge on any atom is -0.332 e. The van der Waals surface area contributed by atoms with Gasteiger partial charge in [-0.1, -0.05) is 12.1 Å². The number of fused-ring (bicyclic) bond motifs is 1. The molecular weight excluding hydrogens is 269 g/mol. The zero-order valence-corrected chi connectivity index (χ0v) is 12.2. The van der Waals surface area contributed by atoms with Crippen LogP contribution in [0.15, 0.2) is 30.6 Å². The number of amides is 1. The van der Waals surface area contributed by atoms with Gasteiger partial charge in [-0.2, -0.15) is 0 Å². The number of halogens is 1. The second-order valence-electron chi connectivity index (χ2n) is 5.60. The highest BCUT2D eigenvalue weighted by atomic mass is 19.1. The van der Waals surface area contributed by atoms with Crippen molar-refractivity contribution in [1.82, 2.24) is 14.5 Å². The first-order valence-corrected chi connectivity index (χ1v) is 7.16. The molecular formula is C16H18FN3O. The van der Waals surface area contributed by atoms with Gasteiger partial charge in [0.15, 0.2) is 0 Å². The van der Waals surface area contributed by atoms with Crippen LogP contribution in [0.1, 0.15) is 41.6 Å². The van der Waals surface area contributed by atoms with E-state index >= 15 is 0 Å². The number of imidazole rings is 1. The zero-order valence-electron chi connectivity index (χ0n) is 12.2. The fourth-order valence-electron chi connectivity index (χ4n) is 2.73. The number of aromatic nitrogens is 2. The summed E-state index contributed by atoms with van der Waals surface area (Å²) in [6, 6.07) is 6.43. The van der Waals surface area contributed by atoms with E-state index in [-0.39, 0.29) is 11.5 Å². The van der Waals surface area contributed by atoms with Gasteiger partial charge in [0, 0.05) is 19.0 Å². The summed E-state index contributed by atoms with van der Waals surface area (Å²) < 4.78 is 15.9. The first kappa shape index (κ1) is 13.8. The molecule has 5 heteroatoms. The van der Waals surface area contributed by atoms with Gasteiger partial charge in [-0.3, -0.25) is 4.79 Å². The van der Waals surface area contributed by atoms with Gasteiger partial charge in [-0.05, 0) is 26.0 Å². The van der Waals surface area contributed by atoms with Crippen LogP contribution in [-0.4, -0.2) is 26.9 Å². The van der Waals surface area contributed by atoms with Crippen molar-refractivity contribution in [2.45, 2.75) is 32.9 Å². The van der Waals surface area contributed by atoms with E-state index in [1.54, 1.807) is 17.0 Å². The van der Waals surface area contributed by atoms with Crippen LogP contribution in [0.2, 0.25) is 0 Å². The average Bonchev–Trinajstić information content (AvgIpc) is 2.90.